The van der Waals surface area contributed by atoms with E-state index in [0.29, 0.717) is 10.6 Å². The standard InChI is InChI=1S/C15H16ClFN2/c1-2-7-19-15(11-4-3-8-18-10-11)13-6-5-12(16)9-14(13)17/h3-6,8-10,15,19H,2,7H2,1H3. The Labute approximate surface area is 117 Å². The number of benzene rings is 1. The first-order valence-electron chi connectivity index (χ1n) is 6.30. The van der Waals surface area contributed by atoms with Crippen LogP contribution in [-0.2, 0) is 0 Å². The van der Waals surface area contributed by atoms with Crippen molar-refractivity contribution in [2.45, 2.75) is 19.4 Å². The van der Waals surface area contributed by atoms with E-state index in [2.05, 4.69) is 17.2 Å². The molecule has 0 aliphatic carbocycles. The molecule has 100 valence electrons. The second kappa shape index (κ2) is 6.64. The topological polar surface area (TPSA) is 24.9 Å². The lowest BCUT2D eigenvalue weighted by Gasteiger charge is -2.19. The summed E-state index contributed by atoms with van der Waals surface area (Å²) in [5.74, 6) is -0.301. The zero-order valence-corrected chi connectivity index (χ0v) is 11.5. The fourth-order valence-corrected chi connectivity index (χ4v) is 2.14. The number of rotatable bonds is 5. The molecule has 0 saturated heterocycles. The van der Waals surface area contributed by atoms with Crippen LogP contribution in [0.2, 0.25) is 5.02 Å². The highest BCUT2D eigenvalue weighted by Gasteiger charge is 2.17. The van der Waals surface area contributed by atoms with Gasteiger partial charge in [0.1, 0.15) is 5.82 Å². The summed E-state index contributed by atoms with van der Waals surface area (Å²) in [5.41, 5.74) is 1.53. The molecule has 1 heterocycles. The predicted molar refractivity (Wildman–Crippen MR) is 75.8 cm³/mol. The lowest BCUT2D eigenvalue weighted by atomic mass is 9.99. The molecule has 1 aromatic heterocycles. The van der Waals surface area contributed by atoms with Crippen molar-refractivity contribution in [1.82, 2.24) is 10.3 Å². The van der Waals surface area contributed by atoms with Crippen molar-refractivity contribution in [3.63, 3.8) is 0 Å². The van der Waals surface area contributed by atoms with Gasteiger partial charge in [-0.05, 0) is 36.7 Å². The van der Waals surface area contributed by atoms with Gasteiger partial charge < -0.3 is 5.32 Å². The Morgan fingerprint density at radius 1 is 1.37 bits per heavy atom. The molecule has 1 N–H and O–H groups in total. The maximum atomic E-state index is 14.1. The van der Waals surface area contributed by atoms with E-state index < -0.39 is 0 Å². The zero-order chi connectivity index (χ0) is 13.7. The van der Waals surface area contributed by atoms with Crippen LogP contribution in [0.25, 0.3) is 0 Å². The van der Waals surface area contributed by atoms with Crippen LogP contribution >= 0.6 is 11.6 Å². The van der Waals surface area contributed by atoms with Crippen molar-refractivity contribution in [2.24, 2.45) is 0 Å². The SMILES string of the molecule is CCCNC(c1cccnc1)c1ccc(Cl)cc1F. The average molecular weight is 279 g/mol. The molecule has 2 aromatic rings. The Morgan fingerprint density at radius 3 is 2.84 bits per heavy atom. The van der Waals surface area contributed by atoms with Gasteiger partial charge in [0, 0.05) is 23.0 Å². The van der Waals surface area contributed by atoms with Gasteiger partial charge in [-0.1, -0.05) is 30.7 Å². The third-order valence-corrected chi connectivity index (χ3v) is 3.12. The van der Waals surface area contributed by atoms with Crippen LogP contribution in [0.1, 0.15) is 30.5 Å². The first-order valence-corrected chi connectivity index (χ1v) is 6.68. The summed E-state index contributed by atoms with van der Waals surface area (Å²) in [6, 6.07) is 8.35. The summed E-state index contributed by atoms with van der Waals surface area (Å²) in [5, 5.41) is 3.74. The molecular weight excluding hydrogens is 263 g/mol. The normalized spacial score (nSPS) is 12.4. The molecule has 0 aliphatic heterocycles. The molecule has 0 aliphatic rings. The minimum Gasteiger partial charge on any atom is -0.306 e. The molecule has 0 radical (unpaired) electrons. The largest absolute Gasteiger partial charge is 0.306 e. The van der Waals surface area contributed by atoms with Crippen molar-refractivity contribution < 1.29 is 4.39 Å². The zero-order valence-electron chi connectivity index (χ0n) is 10.7. The molecule has 4 heteroatoms. The van der Waals surface area contributed by atoms with Crippen molar-refractivity contribution in [2.75, 3.05) is 6.54 Å². The van der Waals surface area contributed by atoms with E-state index in [-0.39, 0.29) is 11.9 Å². The van der Waals surface area contributed by atoms with Crippen LogP contribution in [0, 0.1) is 5.82 Å². The molecule has 1 aromatic carbocycles. The van der Waals surface area contributed by atoms with Crippen LogP contribution in [0.5, 0.6) is 0 Å². The highest BCUT2D eigenvalue weighted by Crippen LogP contribution is 2.26. The Hall–Kier alpha value is -1.45. The highest BCUT2D eigenvalue weighted by molar-refractivity contribution is 6.30. The first kappa shape index (κ1) is 14.0. The fourth-order valence-electron chi connectivity index (χ4n) is 1.98. The summed E-state index contributed by atoms with van der Waals surface area (Å²) >= 11 is 5.80. The number of nitrogens with one attached hydrogen (secondary N) is 1. The van der Waals surface area contributed by atoms with Crippen LogP contribution < -0.4 is 5.32 Å². The van der Waals surface area contributed by atoms with Crippen LogP contribution in [0.4, 0.5) is 4.39 Å². The molecule has 19 heavy (non-hydrogen) atoms. The molecule has 0 spiro atoms. The number of hydrogen-bond acceptors (Lipinski definition) is 2. The molecular formula is C15H16ClFN2. The smallest absolute Gasteiger partial charge is 0.129 e. The van der Waals surface area contributed by atoms with E-state index in [1.165, 1.54) is 6.07 Å². The van der Waals surface area contributed by atoms with E-state index in [1.54, 1.807) is 24.5 Å². The van der Waals surface area contributed by atoms with Gasteiger partial charge in [0.15, 0.2) is 0 Å². The number of nitrogens with zero attached hydrogens (tertiary/aromatic N) is 1. The molecule has 0 fully saturated rings. The summed E-state index contributed by atoms with van der Waals surface area (Å²) in [6.45, 7) is 2.88. The summed E-state index contributed by atoms with van der Waals surface area (Å²) in [7, 11) is 0. The molecule has 0 saturated carbocycles. The molecule has 2 nitrogen and oxygen atoms in total. The van der Waals surface area contributed by atoms with Crippen LogP contribution in [-0.4, -0.2) is 11.5 Å². The second-order valence-corrected chi connectivity index (χ2v) is 4.78. The van der Waals surface area contributed by atoms with E-state index in [1.807, 2.05) is 12.1 Å². The van der Waals surface area contributed by atoms with Gasteiger partial charge >= 0.3 is 0 Å². The minimum atomic E-state index is -0.301. The maximum Gasteiger partial charge on any atom is 0.129 e. The van der Waals surface area contributed by atoms with Gasteiger partial charge in [-0.15, -0.1) is 0 Å². The van der Waals surface area contributed by atoms with Crippen LogP contribution in [0.3, 0.4) is 0 Å². The Morgan fingerprint density at radius 2 is 2.21 bits per heavy atom. The highest BCUT2D eigenvalue weighted by atomic mass is 35.5. The van der Waals surface area contributed by atoms with Crippen molar-refractivity contribution >= 4 is 11.6 Å². The summed E-state index contributed by atoms with van der Waals surface area (Å²) in [6.07, 6.45) is 4.44. The predicted octanol–water partition coefficient (Wildman–Crippen LogP) is 3.96. The van der Waals surface area contributed by atoms with E-state index in [4.69, 9.17) is 11.6 Å². The molecule has 0 bridgehead atoms. The molecule has 1 unspecified atom stereocenters. The number of halogens is 2. The van der Waals surface area contributed by atoms with Crippen molar-refractivity contribution in [1.29, 1.82) is 0 Å². The number of hydrogen-bond donors (Lipinski definition) is 1. The third-order valence-electron chi connectivity index (χ3n) is 2.89. The van der Waals surface area contributed by atoms with Gasteiger partial charge in [-0.3, -0.25) is 4.98 Å². The number of pyridine rings is 1. The van der Waals surface area contributed by atoms with Crippen LogP contribution in [0.15, 0.2) is 42.7 Å². The molecule has 0 amide bonds. The molecule has 1 atom stereocenters. The number of aromatic nitrogens is 1. The van der Waals surface area contributed by atoms with E-state index in [9.17, 15) is 4.39 Å². The lowest BCUT2D eigenvalue weighted by Crippen LogP contribution is -2.24. The van der Waals surface area contributed by atoms with E-state index in [0.717, 1.165) is 18.5 Å². The van der Waals surface area contributed by atoms with Gasteiger partial charge in [-0.2, -0.15) is 0 Å². The summed E-state index contributed by atoms with van der Waals surface area (Å²) in [4.78, 5) is 4.10. The average Bonchev–Trinajstić information content (AvgIpc) is 2.42. The van der Waals surface area contributed by atoms with Crippen molar-refractivity contribution in [3.05, 3.63) is 64.7 Å². The minimum absolute atomic E-state index is 0.203. The Kier molecular flexibility index (Phi) is 4.88. The second-order valence-electron chi connectivity index (χ2n) is 4.34. The quantitative estimate of drug-likeness (QED) is 0.895. The van der Waals surface area contributed by atoms with Crippen molar-refractivity contribution in [3.8, 4) is 0 Å². The first-order chi connectivity index (χ1) is 9.22. The fraction of sp³-hybridized carbons (Fsp3) is 0.267. The van der Waals surface area contributed by atoms with Gasteiger partial charge in [-0.25, -0.2) is 4.39 Å². The molecule has 2 rings (SSSR count). The Bertz CT molecular complexity index is 531. The lowest BCUT2D eigenvalue weighted by molar-refractivity contribution is 0.546. The maximum absolute atomic E-state index is 14.1. The third kappa shape index (κ3) is 3.52. The van der Waals surface area contributed by atoms with Gasteiger partial charge in [0.25, 0.3) is 0 Å². The summed E-state index contributed by atoms with van der Waals surface area (Å²) < 4.78 is 14.1. The van der Waals surface area contributed by atoms with Gasteiger partial charge in [0.2, 0.25) is 0 Å². The van der Waals surface area contributed by atoms with Gasteiger partial charge in [0.05, 0.1) is 6.04 Å². The van der Waals surface area contributed by atoms with E-state index >= 15 is 0 Å². The Balaban J connectivity index is 2.37. The monoisotopic (exact) mass is 278 g/mol.